The van der Waals surface area contributed by atoms with Crippen molar-refractivity contribution in [1.29, 1.82) is 0 Å². The zero-order valence-electron chi connectivity index (χ0n) is 12.6. The van der Waals surface area contributed by atoms with E-state index < -0.39 is 0 Å². The second-order valence-electron chi connectivity index (χ2n) is 5.38. The van der Waals surface area contributed by atoms with E-state index in [1.54, 1.807) is 25.4 Å². The van der Waals surface area contributed by atoms with Crippen LogP contribution in [0.3, 0.4) is 0 Å². The standard InChI is InChI=1S/C15H23N3O2S/c1-3-21-12-7-4-6-11(10-12)16-15(20)17-13-8-5-9-18(2)14(13)19/h5,8-9,11-12H,3-4,6-7,10H2,1-2H3,(H2,16,17,20). The van der Waals surface area contributed by atoms with E-state index in [4.69, 9.17) is 0 Å². The number of amides is 2. The summed E-state index contributed by atoms with van der Waals surface area (Å²) in [6.45, 7) is 2.17. The first-order chi connectivity index (χ1) is 10.1. The first kappa shape index (κ1) is 15.9. The molecule has 0 bridgehead atoms. The lowest BCUT2D eigenvalue weighted by Crippen LogP contribution is -2.42. The molecule has 1 aromatic rings. The lowest BCUT2D eigenvalue weighted by atomic mass is 9.95. The number of rotatable bonds is 4. The molecule has 6 heteroatoms. The van der Waals surface area contributed by atoms with E-state index in [9.17, 15) is 9.59 Å². The first-order valence-corrected chi connectivity index (χ1v) is 8.49. The van der Waals surface area contributed by atoms with Gasteiger partial charge < -0.3 is 15.2 Å². The first-order valence-electron chi connectivity index (χ1n) is 7.45. The van der Waals surface area contributed by atoms with Crippen LogP contribution in [0.15, 0.2) is 23.1 Å². The number of hydrogen-bond donors (Lipinski definition) is 2. The highest BCUT2D eigenvalue weighted by atomic mass is 32.2. The van der Waals surface area contributed by atoms with Crippen molar-refractivity contribution in [2.75, 3.05) is 11.1 Å². The number of anilines is 1. The van der Waals surface area contributed by atoms with E-state index in [0.717, 1.165) is 25.0 Å². The van der Waals surface area contributed by atoms with Crippen LogP contribution in [0.1, 0.15) is 32.6 Å². The third-order valence-electron chi connectivity index (χ3n) is 3.74. The molecule has 1 aliphatic rings. The Kier molecular flexibility index (Phi) is 5.73. The fraction of sp³-hybridized carbons (Fsp3) is 0.600. The van der Waals surface area contributed by atoms with Gasteiger partial charge in [-0.2, -0.15) is 11.8 Å². The average molecular weight is 309 g/mol. The Balaban J connectivity index is 1.89. The molecule has 1 saturated carbocycles. The molecule has 1 heterocycles. The second-order valence-corrected chi connectivity index (χ2v) is 6.95. The van der Waals surface area contributed by atoms with E-state index in [2.05, 4.69) is 17.6 Å². The number of aromatic nitrogens is 1. The van der Waals surface area contributed by atoms with Gasteiger partial charge in [0, 0.05) is 24.5 Å². The number of pyridine rings is 1. The number of carbonyl (C=O) groups excluding carboxylic acids is 1. The van der Waals surface area contributed by atoms with Gasteiger partial charge in [-0.25, -0.2) is 4.79 Å². The molecule has 0 saturated heterocycles. The number of nitrogens with one attached hydrogen (secondary N) is 2. The van der Waals surface area contributed by atoms with Gasteiger partial charge in [0.15, 0.2) is 0 Å². The highest BCUT2D eigenvalue weighted by molar-refractivity contribution is 7.99. The van der Waals surface area contributed by atoms with Crippen LogP contribution in [-0.4, -0.2) is 27.6 Å². The summed E-state index contributed by atoms with van der Waals surface area (Å²) in [5.74, 6) is 1.11. The maximum absolute atomic E-state index is 12.0. The van der Waals surface area contributed by atoms with Crippen LogP contribution >= 0.6 is 11.8 Å². The molecule has 0 spiro atoms. The molecule has 2 N–H and O–H groups in total. The summed E-state index contributed by atoms with van der Waals surface area (Å²) in [4.78, 5) is 23.9. The fourth-order valence-corrected chi connectivity index (χ4v) is 3.87. The van der Waals surface area contributed by atoms with Crippen molar-refractivity contribution in [2.24, 2.45) is 7.05 Å². The van der Waals surface area contributed by atoms with Crippen molar-refractivity contribution in [2.45, 2.75) is 43.9 Å². The summed E-state index contributed by atoms with van der Waals surface area (Å²) in [7, 11) is 1.67. The van der Waals surface area contributed by atoms with Crippen molar-refractivity contribution in [3.8, 4) is 0 Å². The molecule has 1 aromatic heterocycles. The van der Waals surface area contributed by atoms with E-state index in [1.165, 1.54) is 11.0 Å². The van der Waals surface area contributed by atoms with Gasteiger partial charge in [-0.05, 0) is 37.1 Å². The minimum atomic E-state index is -0.287. The zero-order chi connectivity index (χ0) is 15.2. The summed E-state index contributed by atoms with van der Waals surface area (Å²) in [6.07, 6.45) is 6.08. The van der Waals surface area contributed by atoms with Gasteiger partial charge in [0.1, 0.15) is 5.69 Å². The molecule has 0 aromatic carbocycles. The third kappa shape index (κ3) is 4.52. The van der Waals surface area contributed by atoms with Crippen LogP contribution in [0.25, 0.3) is 0 Å². The maximum Gasteiger partial charge on any atom is 0.319 e. The van der Waals surface area contributed by atoms with Crippen molar-refractivity contribution in [1.82, 2.24) is 9.88 Å². The highest BCUT2D eigenvalue weighted by Gasteiger charge is 2.23. The highest BCUT2D eigenvalue weighted by Crippen LogP contribution is 2.28. The van der Waals surface area contributed by atoms with Gasteiger partial charge in [-0.3, -0.25) is 4.79 Å². The summed E-state index contributed by atoms with van der Waals surface area (Å²) in [6, 6.07) is 3.28. The summed E-state index contributed by atoms with van der Waals surface area (Å²) in [5.41, 5.74) is 0.114. The van der Waals surface area contributed by atoms with E-state index >= 15 is 0 Å². The largest absolute Gasteiger partial charge is 0.335 e. The molecule has 2 amide bonds. The quantitative estimate of drug-likeness (QED) is 0.898. The minimum Gasteiger partial charge on any atom is -0.335 e. The van der Waals surface area contributed by atoms with Gasteiger partial charge in [0.2, 0.25) is 0 Å². The average Bonchev–Trinajstić information content (AvgIpc) is 2.44. The number of nitrogens with zero attached hydrogens (tertiary/aromatic N) is 1. The van der Waals surface area contributed by atoms with Gasteiger partial charge >= 0.3 is 6.03 Å². The molecule has 116 valence electrons. The lowest BCUT2D eigenvalue weighted by molar-refractivity contribution is 0.244. The summed E-state index contributed by atoms with van der Waals surface area (Å²) in [5, 5.41) is 6.28. The predicted octanol–water partition coefficient (Wildman–Crippen LogP) is 2.57. The van der Waals surface area contributed by atoms with Gasteiger partial charge in [-0.15, -0.1) is 0 Å². The van der Waals surface area contributed by atoms with Gasteiger partial charge in [0.25, 0.3) is 5.56 Å². The van der Waals surface area contributed by atoms with Crippen LogP contribution < -0.4 is 16.2 Å². The third-order valence-corrected chi connectivity index (χ3v) is 4.97. The van der Waals surface area contributed by atoms with Crippen LogP contribution in [-0.2, 0) is 7.05 Å². The normalized spacial score (nSPS) is 21.8. The van der Waals surface area contributed by atoms with Crippen LogP contribution in [0.2, 0.25) is 0 Å². The lowest BCUT2D eigenvalue weighted by Gasteiger charge is -2.29. The number of hydrogen-bond acceptors (Lipinski definition) is 3. The number of thioether (sulfide) groups is 1. The van der Waals surface area contributed by atoms with Crippen molar-refractivity contribution >= 4 is 23.5 Å². The van der Waals surface area contributed by atoms with E-state index in [-0.39, 0.29) is 17.6 Å². The molecular formula is C15H23N3O2S. The fourth-order valence-electron chi connectivity index (χ4n) is 2.70. The Hall–Kier alpha value is -1.43. The second kappa shape index (κ2) is 7.54. The van der Waals surface area contributed by atoms with E-state index in [0.29, 0.717) is 10.9 Å². The molecule has 5 nitrogen and oxygen atoms in total. The molecule has 2 unspecified atom stereocenters. The Morgan fingerprint density at radius 3 is 3.05 bits per heavy atom. The van der Waals surface area contributed by atoms with Crippen molar-refractivity contribution < 1.29 is 4.79 Å². The SMILES string of the molecule is CCSC1CCCC(NC(=O)Nc2cccn(C)c2=O)C1. The number of carbonyl (C=O) groups is 1. The van der Waals surface area contributed by atoms with Crippen molar-refractivity contribution in [3.05, 3.63) is 28.7 Å². The van der Waals surface area contributed by atoms with E-state index in [1.807, 2.05) is 11.8 Å². The summed E-state index contributed by atoms with van der Waals surface area (Å²) < 4.78 is 1.45. The van der Waals surface area contributed by atoms with Gasteiger partial charge in [0.05, 0.1) is 0 Å². The Bertz CT molecular complexity index is 542. The molecule has 21 heavy (non-hydrogen) atoms. The van der Waals surface area contributed by atoms with Crippen LogP contribution in [0.4, 0.5) is 10.5 Å². The Morgan fingerprint density at radius 1 is 1.48 bits per heavy atom. The molecule has 2 rings (SSSR count). The zero-order valence-corrected chi connectivity index (χ0v) is 13.4. The smallest absolute Gasteiger partial charge is 0.319 e. The Labute approximate surface area is 129 Å². The number of aryl methyl sites for hydroxylation is 1. The van der Waals surface area contributed by atoms with Crippen LogP contribution in [0.5, 0.6) is 0 Å². The number of urea groups is 1. The molecule has 0 radical (unpaired) electrons. The molecule has 1 aliphatic carbocycles. The molecular weight excluding hydrogens is 286 g/mol. The van der Waals surface area contributed by atoms with Crippen LogP contribution in [0, 0.1) is 0 Å². The monoisotopic (exact) mass is 309 g/mol. The molecule has 0 aliphatic heterocycles. The molecule has 2 atom stereocenters. The molecule has 1 fully saturated rings. The van der Waals surface area contributed by atoms with Crippen molar-refractivity contribution in [3.63, 3.8) is 0 Å². The maximum atomic E-state index is 12.0. The topological polar surface area (TPSA) is 63.1 Å². The Morgan fingerprint density at radius 2 is 2.29 bits per heavy atom. The minimum absolute atomic E-state index is 0.198. The van der Waals surface area contributed by atoms with Gasteiger partial charge in [-0.1, -0.05) is 13.3 Å². The predicted molar refractivity (Wildman–Crippen MR) is 88.0 cm³/mol. The summed E-state index contributed by atoms with van der Waals surface area (Å²) >= 11 is 1.97.